The second-order valence-electron chi connectivity index (χ2n) is 7.96. The summed E-state index contributed by atoms with van der Waals surface area (Å²) in [6.45, 7) is 4.42. The molecule has 1 aromatic heterocycles. The van der Waals surface area contributed by atoms with Gasteiger partial charge in [0.2, 0.25) is 0 Å². The highest BCUT2D eigenvalue weighted by Crippen LogP contribution is 2.28. The predicted octanol–water partition coefficient (Wildman–Crippen LogP) is 2.50. The van der Waals surface area contributed by atoms with Crippen molar-refractivity contribution in [3.63, 3.8) is 0 Å². The second kappa shape index (κ2) is 8.88. The molecule has 1 fully saturated rings. The molecule has 2 aromatic carbocycles. The first-order valence-corrected chi connectivity index (χ1v) is 10.5. The molecule has 9 heteroatoms. The maximum absolute atomic E-state index is 11.5. The SMILES string of the molecule is COCCc1nc2cc(C(=O)O)ccc2n1-c1cccc(N2CCN(C(N)=O)CC2C)c1. The summed E-state index contributed by atoms with van der Waals surface area (Å²) < 4.78 is 7.31. The number of rotatable bonds is 6. The lowest BCUT2D eigenvalue weighted by Crippen LogP contribution is -2.55. The summed E-state index contributed by atoms with van der Waals surface area (Å²) in [4.78, 5) is 31.6. The molecule has 0 radical (unpaired) electrons. The summed E-state index contributed by atoms with van der Waals surface area (Å²) in [5, 5.41) is 9.34. The number of carbonyl (C=O) groups is 2. The zero-order chi connectivity index (χ0) is 22.8. The molecule has 2 amide bonds. The zero-order valence-corrected chi connectivity index (χ0v) is 18.2. The van der Waals surface area contributed by atoms with E-state index in [1.165, 1.54) is 0 Å². The molecule has 1 unspecified atom stereocenters. The summed E-state index contributed by atoms with van der Waals surface area (Å²) in [5.74, 6) is -0.181. The molecule has 9 nitrogen and oxygen atoms in total. The van der Waals surface area contributed by atoms with Crippen LogP contribution < -0.4 is 10.6 Å². The van der Waals surface area contributed by atoms with Gasteiger partial charge in [-0.2, -0.15) is 0 Å². The van der Waals surface area contributed by atoms with Gasteiger partial charge in [-0.15, -0.1) is 0 Å². The van der Waals surface area contributed by atoms with Gasteiger partial charge < -0.3 is 25.4 Å². The van der Waals surface area contributed by atoms with Crippen molar-refractivity contribution < 1.29 is 19.4 Å². The van der Waals surface area contributed by atoms with Crippen LogP contribution in [-0.4, -0.2) is 71.0 Å². The predicted molar refractivity (Wildman–Crippen MR) is 122 cm³/mol. The number of imidazole rings is 1. The van der Waals surface area contributed by atoms with E-state index in [4.69, 9.17) is 15.5 Å². The molecule has 0 saturated carbocycles. The maximum atomic E-state index is 11.5. The van der Waals surface area contributed by atoms with Gasteiger partial charge in [0.15, 0.2) is 0 Å². The van der Waals surface area contributed by atoms with E-state index in [2.05, 4.69) is 24.0 Å². The third kappa shape index (κ3) is 4.11. The number of benzene rings is 2. The van der Waals surface area contributed by atoms with E-state index in [1.807, 2.05) is 16.7 Å². The number of primary amides is 1. The number of hydrogen-bond donors (Lipinski definition) is 2. The quantitative estimate of drug-likeness (QED) is 0.613. The van der Waals surface area contributed by atoms with Crippen molar-refractivity contribution in [3.05, 3.63) is 53.9 Å². The molecule has 168 valence electrons. The minimum Gasteiger partial charge on any atom is -0.478 e. The minimum absolute atomic E-state index is 0.122. The number of anilines is 1. The monoisotopic (exact) mass is 437 g/mol. The molecule has 1 saturated heterocycles. The lowest BCUT2D eigenvalue weighted by Gasteiger charge is -2.40. The zero-order valence-electron chi connectivity index (χ0n) is 18.2. The number of carbonyl (C=O) groups excluding carboxylic acids is 1. The summed E-state index contributed by atoms with van der Waals surface area (Å²) in [7, 11) is 1.64. The van der Waals surface area contributed by atoms with E-state index in [1.54, 1.807) is 30.2 Å². The Balaban J connectivity index is 1.74. The molecule has 3 N–H and O–H groups in total. The first-order chi connectivity index (χ1) is 15.4. The van der Waals surface area contributed by atoms with Crippen LogP contribution in [0.1, 0.15) is 23.1 Å². The van der Waals surface area contributed by atoms with Crippen molar-refractivity contribution in [2.45, 2.75) is 19.4 Å². The van der Waals surface area contributed by atoms with Crippen LogP contribution in [0, 0.1) is 0 Å². The number of aromatic nitrogens is 2. The van der Waals surface area contributed by atoms with E-state index in [-0.39, 0.29) is 11.6 Å². The van der Waals surface area contributed by atoms with Gasteiger partial charge in [0.25, 0.3) is 0 Å². The van der Waals surface area contributed by atoms with Crippen LogP contribution in [0.25, 0.3) is 16.7 Å². The van der Waals surface area contributed by atoms with Gasteiger partial charge in [0.1, 0.15) is 5.82 Å². The molecular weight excluding hydrogens is 410 g/mol. The average Bonchev–Trinajstić information content (AvgIpc) is 3.15. The molecular formula is C23H27N5O4. The van der Waals surface area contributed by atoms with Crippen molar-refractivity contribution in [3.8, 4) is 5.69 Å². The fourth-order valence-electron chi connectivity index (χ4n) is 4.26. The number of nitrogens with zero attached hydrogens (tertiary/aromatic N) is 4. The van der Waals surface area contributed by atoms with Gasteiger partial charge in [0, 0.05) is 50.6 Å². The number of carboxylic acids is 1. The Kier molecular flexibility index (Phi) is 6.00. The molecule has 2 heterocycles. The van der Waals surface area contributed by atoms with Gasteiger partial charge in [-0.25, -0.2) is 14.6 Å². The highest BCUT2D eigenvalue weighted by atomic mass is 16.5. The Morgan fingerprint density at radius 3 is 2.66 bits per heavy atom. The number of urea groups is 1. The summed E-state index contributed by atoms with van der Waals surface area (Å²) in [6, 6.07) is 12.9. The number of carboxylic acid groups (broad SMARTS) is 1. The van der Waals surface area contributed by atoms with Gasteiger partial charge in [-0.1, -0.05) is 6.07 Å². The van der Waals surface area contributed by atoms with Crippen molar-refractivity contribution in [1.82, 2.24) is 14.5 Å². The molecule has 1 aliphatic rings. The molecule has 1 atom stereocenters. The highest BCUT2D eigenvalue weighted by Gasteiger charge is 2.26. The standard InChI is InChI=1S/C23H27N5O4/c1-15-14-26(23(24)31)9-10-27(15)17-4-3-5-18(13-17)28-20-7-6-16(22(29)30)12-19(20)25-21(28)8-11-32-2/h3-7,12-13,15H,8-11,14H2,1-2H3,(H2,24,31)(H,29,30). The number of ether oxygens (including phenoxy) is 1. The molecule has 3 aromatic rings. The number of piperazine rings is 1. The Labute approximate surface area is 186 Å². The van der Waals surface area contributed by atoms with Crippen LogP contribution in [0.5, 0.6) is 0 Å². The number of amides is 2. The smallest absolute Gasteiger partial charge is 0.335 e. The van der Waals surface area contributed by atoms with E-state index >= 15 is 0 Å². The molecule has 0 aliphatic carbocycles. The largest absolute Gasteiger partial charge is 0.478 e. The van der Waals surface area contributed by atoms with Gasteiger partial charge in [-0.3, -0.25) is 4.57 Å². The fourth-order valence-corrected chi connectivity index (χ4v) is 4.26. The number of fused-ring (bicyclic) bond motifs is 1. The Morgan fingerprint density at radius 2 is 1.97 bits per heavy atom. The second-order valence-corrected chi connectivity index (χ2v) is 7.96. The summed E-state index contributed by atoms with van der Waals surface area (Å²) in [5.41, 5.74) is 9.10. The van der Waals surface area contributed by atoms with E-state index in [0.717, 1.165) is 22.7 Å². The molecule has 1 aliphatic heterocycles. The van der Waals surface area contributed by atoms with Crippen LogP contribution in [0.4, 0.5) is 10.5 Å². The lowest BCUT2D eigenvalue weighted by atomic mass is 10.1. The number of nitrogens with two attached hydrogens (primary N) is 1. The van der Waals surface area contributed by atoms with Gasteiger partial charge in [-0.05, 0) is 43.3 Å². The number of methoxy groups -OCH3 is 1. The van der Waals surface area contributed by atoms with Gasteiger partial charge in [0.05, 0.1) is 23.2 Å². The third-order valence-electron chi connectivity index (χ3n) is 5.86. The van der Waals surface area contributed by atoms with Crippen molar-refractivity contribution in [2.24, 2.45) is 5.73 Å². The van der Waals surface area contributed by atoms with E-state index < -0.39 is 12.0 Å². The Morgan fingerprint density at radius 1 is 1.19 bits per heavy atom. The van der Waals surface area contributed by atoms with E-state index in [9.17, 15) is 14.7 Å². The lowest BCUT2D eigenvalue weighted by molar-refractivity contribution is 0.0697. The maximum Gasteiger partial charge on any atom is 0.335 e. The molecule has 4 rings (SSSR count). The first-order valence-electron chi connectivity index (χ1n) is 10.5. The molecule has 32 heavy (non-hydrogen) atoms. The Hall–Kier alpha value is -3.59. The van der Waals surface area contributed by atoms with Crippen molar-refractivity contribution >= 4 is 28.7 Å². The third-order valence-corrected chi connectivity index (χ3v) is 5.86. The summed E-state index contributed by atoms with van der Waals surface area (Å²) >= 11 is 0. The minimum atomic E-state index is -0.981. The Bertz CT molecular complexity index is 1160. The molecule has 0 bridgehead atoms. The fraction of sp³-hybridized carbons (Fsp3) is 0.348. The van der Waals surface area contributed by atoms with Crippen LogP contribution in [0.15, 0.2) is 42.5 Å². The van der Waals surface area contributed by atoms with Crippen LogP contribution in [-0.2, 0) is 11.2 Å². The van der Waals surface area contributed by atoms with Crippen LogP contribution >= 0.6 is 0 Å². The normalized spacial score (nSPS) is 16.5. The topological polar surface area (TPSA) is 114 Å². The van der Waals surface area contributed by atoms with Crippen LogP contribution in [0.2, 0.25) is 0 Å². The van der Waals surface area contributed by atoms with Crippen molar-refractivity contribution in [1.29, 1.82) is 0 Å². The number of hydrogen-bond acceptors (Lipinski definition) is 5. The van der Waals surface area contributed by atoms with E-state index in [0.29, 0.717) is 38.2 Å². The summed E-state index contributed by atoms with van der Waals surface area (Å²) in [6.07, 6.45) is 0.589. The average molecular weight is 438 g/mol. The molecule has 0 spiro atoms. The van der Waals surface area contributed by atoms with Gasteiger partial charge >= 0.3 is 12.0 Å². The van der Waals surface area contributed by atoms with Crippen LogP contribution in [0.3, 0.4) is 0 Å². The highest BCUT2D eigenvalue weighted by molar-refractivity contribution is 5.93. The van der Waals surface area contributed by atoms with Crippen molar-refractivity contribution in [2.75, 3.05) is 38.3 Å². The number of aromatic carboxylic acids is 1. The first kappa shape index (κ1) is 21.6.